The second-order valence-electron chi connectivity index (χ2n) is 8.55. The van der Waals surface area contributed by atoms with Crippen LogP contribution in [0.25, 0.3) is 0 Å². The van der Waals surface area contributed by atoms with Crippen LogP contribution < -0.4 is 5.32 Å². The van der Waals surface area contributed by atoms with Gasteiger partial charge in [-0.25, -0.2) is 4.79 Å². The SMILES string of the molecule is COC(=O)C1(C(CCc2ccccc2)NC(=O)OCc2ccccc2)Cc2cc(Cl)ccc2C1=O. The van der Waals surface area contributed by atoms with E-state index < -0.39 is 29.3 Å². The Morgan fingerprint density at radius 3 is 2.31 bits per heavy atom. The summed E-state index contributed by atoms with van der Waals surface area (Å²) >= 11 is 6.16. The number of benzene rings is 3. The lowest BCUT2D eigenvalue weighted by molar-refractivity contribution is -0.151. The molecule has 0 aliphatic heterocycles. The van der Waals surface area contributed by atoms with Crippen LogP contribution >= 0.6 is 11.6 Å². The number of hydrogen-bond donors (Lipinski definition) is 1. The normalized spacial score (nSPS) is 17.4. The minimum absolute atomic E-state index is 0.0626. The van der Waals surface area contributed by atoms with Crippen LogP contribution in [0.4, 0.5) is 4.79 Å². The van der Waals surface area contributed by atoms with E-state index in [9.17, 15) is 14.4 Å². The lowest BCUT2D eigenvalue weighted by Gasteiger charge is -2.34. The monoisotopic (exact) mass is 491 g/mol. The van der Waals surface area contributed by atoms with Crippen LogP contribution in [0.5, 0.6) is 0 Å². The maximum absolute atomic E-state index is 13.7. The van der Waals surface area contributed by atoms with E-state index in [1.165, 1.54) is 7.11 Å². The van der Waals surface area contributed by atoms with Gasteiger partial charge in [0.05, 0.1) is 13.2 Å². The summed E-state index contributed by atoms with van der Waals surface area (Å²) in [6.07, 6.45) is 0.227. The van der Waals surface area contributed by atoms with Crippen molar-refractivity contribution < 1.29 is 23.9 Å². The van der Waals surface area contributed by atoms with Crippen molar-refractivity contribution in [1.82, 2.24) is 5.32 Å². The minimum Gasteiger partial charge on any atom is -0.468 e. The van der Waals surface area contributed by atoms with Crippen molar-refractivity contribution in [2.45, 2.75) is 31.9 Å². The molecule has 2 atom stereocenters. The first-order valence-electron chi connectivity index (χ1n) is 11.4. The van der Waals surface area contributed by atoms with Crippen molar-refractivity contribution in [1.29, 1.82) is 0 Å². The van der Waals surface area contributed by atoms with Gasteiger partial charge in [0.2, 0.25) is 0 Å². The summed E-state index contributed by atoms with van der Waals surface area (Å²) in [7, 11) is 1.25. The molecular weight excluding hydrogens is 466 g/mol. The number of halogens is 1. The van der Waals surface area contributed by atoms with Gasteiger partial charge >= 0.3 is 12.1 Å². The van der Waals surface area contributed by atoms with Gasteiger partial charge in [0.15, 0.2) is 11.2 Å². The molecule has 2 unspecified atom stereocenters. The summed E-state index contributed by atoms with van der Waals surface area (Å²) in [6, 6.07) is 23.0. The third-order valence-corrected chi connectivity index (χ3v) is 6.64. The predicted molar refractivity (Wildman–Crippen MR) is 132 cm³/mol. The summed E-state index contributed by atoms with van der Waals surface area (Å²) < 4.78 is 10.6. The van der Waals surface area contributed by atoms with Gasteiger partial charge in [-0.15, -0.1) is 0 Å². The minimum atomic E-state index is -1.62. The zero-order chi connectivity index (χ0) is 24.8. The first-order valence-corrected chi connectivity index (χ1v) is 11.7. The fraction of sp³-hybridized carbons (Fsp3) is 0.250. The van der Waals surface area contributed by atoms with Crippen molar-refractivity contribution in [3.8, 4) is 0 Å². The molecule has 1 aliphatic carbocycles. The number of fused-ring (bicyclic) bond motifs is 1. The van der Waals surface area contributed by atoms with Gasteiger partial charge in [-0.3, -0.25) is 9.59 Å². The number of ketones is 1. The molecule has 0 radical (unpaired) electrons. The van der Waals surface area contributed by atoms with Gasteiger partial charge in [-0.1, -0.05) is 72.3 Å². The third kappa shape index (κ3) is 5.23. The number of methoxy groups -OCH3 is 1. The lowest BCUT2D eigenvalue weighted by atomic mass is 9.74. The molecule has 0 heterocycles. The molecule has 0 saturated carbocycles. The van der Waals surface area contributed by atoms with Crippen LogP contribution in [-0.4, -0.2) is 31.0 Å². The fourth-order valence-corrected chi connectivity index (χ4v) is 4.82. The Bertz CT molecular complexity index is 1210. The molecule has 1 N–H and O–H groups in total. The summed E-state index contributed by atoms with van der Waals surface area (Å²) in [6.45, 7) is 0.0626. The van der Waals surface area contributed by atoms with Crippen molar-refractivity contribution in [2.24, 2.45) is 5.41 Å². The van der Waals surface area contributed by atoms with Gasteiger partial charge in [0.1, 0.15) is 6.61 Å². The summed E-state index contributed by atoms with van der Waals surface area (Å²) in [5.74, 6) is -1.09. The van der Waals surface area contributed by atoms with E-state index in [2.05, 4.69) is 5.32 Å². The number of rotatable bonds is 8. The Hall–Kier alpha value is -3.64. The van der Waals surface area contributed by atoms with Crippen molar-refractivity contribution in [3.63, 3.8) is 0 Å². The summed E-state index contributed by atoms with van der Waals surface area (Å²) in [4.78, 5) is 39.8. The van der Waals surface area contributed by atoms with Gasteiger partial charge in [0, 0.05) is 10.6 Å². The highest BCUT2D eigenvalue weighted by Gasteiger charge is 2.58. The Balaban J connectivity index is 1.63. The van der Waals surface area contributed by atoms with Crippen molar-refractivity contribution >= 4 is 29.4 Å². The quantitative estimate of drug-likeness (QED) is 0.347. The highest BCUT2D eigenvalue weighted by Crippen LogP contribution is 2.43. The van der Waals surface area contributed by atoms with E-state index in [-0.39, 0.29) is 13.0 Å². The number of hydrogen-bond acceptors (Lipinski definition) is 5. The van der Waals surface area contributed by atoms with Gasteiger partial charge in [0.25, 0.3) is 0 Å². The molecule has 0 fully saturated rings. The number of ether oxygens (including phenoxy) is 2. The van der Waals surface area contributed by atoms with Gasteiger partial charge in [-0.2, -0.15) is 0 Å². The molecule has 0 aromatic heterocycles. The molecule has 6 nitrogen and oxygen atoms in total. The number of esters is 1. The number of aryl methyl sites for hydroxylation is 1. The molecule has 35 heavy (non-hydrogen) atoms. The molecule has 0 saturated heterocycles. The van der Waals surface area contributed by atoms with Crippen LogP contribution in [0.3, 0.4) is 0 Å². The van der Waals surface area contributed by atoms with Crippen molar-refractivity contribution in [2.75, 3.05) is 7.11 Å². The van der Waals surface area contributed by atoms with Crippen LogP contribution in [0, 0.1) is 5.41 Å². The molecule has 7 heteroatoms. The Morgan fingerprint density at radius 1 is 1.00 bits per heavy atom. The Kier molecular flexibility index (Phi) is 7.51. The van der Waals surface area contributed by atoms with E-state index >= 15 is 0 Å². The third-order valence-electron chi connectivity index (χ3n) is 6.40. The average molecular weight is 492 g/mol. The smallest absolute Gasteiger partial charge is 0.407 e. The highest BCUT2D eigenvalue weighted by molar-refractivity contribution is 6.31. The number of carbonyl (C=O) groups is 3. The number of Topliss-reactive ketones (excluding diaryl/α,β-unsaturated/α-hetero) is 1. The van der Waals surface area contributed by atoms with Crippen LogP contribution in [0.2, 0.25) is 5.02 Å². The average Bonchev–Trinajstić information content (AvgIpc) is 3.18. The number of carbonyl (C=O) groups excluding carboxylic acids is 3. The lowest BCUT2D eigenvalue weighted by Crippen LogP contribution is -2.56. The molecule has 4 rings (SSSR count). The summed E-state index contributed by atoms with van der Waals surface area (Å²) in [5.41, 5.74) is 1.27. The molecule has 1 aliphatic rings. The largest absolute Gasteiger partial charge is 0.468 e. The maximum atomic E-state index is 13.7. The van der Waals surface area contributed by atoms with Gasteiger partial charge in [-0.05, 0) is 54.2 Å². The molecule has 180 valence electrons. The second kappa shape index (κ2) is 10.7. The topological polar surface area (TPSA) is 81.7 Å². The van der Waals surface area contributed by atoms with E-state index in [0.717, 1.165) is 11.1 Å². The molecule has 1 amide bonds. The fourth-order valence-electron chi connectivity index (χ4n) is 4.63. The zero-order valence-electron chi connectivity index (χ0n) is 19.3. The van der Waals surface area contributed by atoms with Crippen LogP contribution in [-0.2, 0) is 33.7 Å². The first kappa shape index (κ1) is 24.5. The van der Waals surface area contributed by atoms with Crippen LogP contribution in [0.1, 0.15) is 33.5 Å². The Labute approximate surface area is 209 Å². The van der Waals surface area contributed by atoms with E-state index in [0.29, 0.717) is 29.0 Å². The molecule has 3 aromatic rings. The molecule has 0 spiro atoms. The first-order chi connectivity index (χ1) is 16.9. The maximum Gasteiger partial charge on any atom is 0.407 e. The van der Waals surface area contributed by atoms with Crippen molar-refractivity contribution in [3.05, 3.63) is 106 Å². The number of nitrogens with one attached hydrogen (secondary N) is 1. The standard InChI is InChI=1S/C28H26ClNO5/c1-34-26(32)28(17-21-16-22(29)13-14-23(21)25(28)31)24(15-12-19-8-4-2-5-9-19)30-27(33)35-18-20-10-6-3-7-11-20/h2-11,13-14,16,24H,12,15,17-18H2,1H3,(H,30,33). The number of amides is 1. The highest BCUT2D eigenvalue weighted by atomic mass is 35.5. The van der Waals surface area contributed by atoms with E-state index in [1.807, 2.05) is 60.7 Å². The molecule has 3 aromatic carbocycles. The zero-order valence-corrected chi connectivity index (χ0v) is 20.1. The van der Waals surface area contributed by atoms with E-state index in [4.69, 9.17) is 21.1 Å². The van der Waals surface area contributed by atoms with Crippen LogP contribution in [0.15, 0.2) is 78.9 Å². The molecule has 0 bridgehead atoms. The number of alkyl carbamates (subject to hydrolysis) is 1. The van der Waals surface area contributed by atoms with Gasteiger partial charge < -0.3 is 14.8 Å². The second-order valence-corrected chi connectivity index (χ2v) is 8.99. The van der Waals surface area contributed by atoms with E-state index in [1.54, 1.807) is 18.2 Å². The Morgan fingerprint density at radius 2 is 1.66 bits per heavy atom. The molecular formula is C28H26ClNO5. The summed E-state index contributed by atoms with van der Waals surface area (Å²) in [5, 5.41) is 3.29. The predicted octanol–water partition coefficient (Wildman–Crippen LogP) is 5.17.